The van der Waals surface area contributed by atoms with Gasteiger partial charge >= 0.3 is 0 Å². The summed E-state index contributed by atoms with van der Waals surface area (Å²) in [5.74, 6) is -0.691. The van der Waals surface area contributed by atoms with E-state index in [9.17, 15) is 14.0 Å². The third kappa shape index (κ3) is 6.11. The Morgan fingerprint density at radius 3 is 2.59 bits per heavy atom. The van der Waals surface area contributed by atoms with Gasteiger partial charge in [0.05, 0.1) is 0 Å². The van der Waals surface area contributed by atoms with Gasteiger partial charge in [-0.25, -0.2) is 9.38 Å². The third-order valence-corrected chi connectivity index (χ3v) is 4.39. The third-order valence-electron chi connectivity index (χ3n) is 4.39. The molecule has 2 unspecified atom stereocenters. The standard InChI is InChI=1S/C21H24FN5O2/c1-2-6-17-13-18(28)25-20(24-17)27-21(23-16-11-9-15(22)10-12-16)26-19(29)14-7-4-3-5-8-14/h3-5,7-12,17,20,24H,2,6,13H2,1H3,(H,25,28)(H2,23,26,27,29). The molecule has 2 atom stereocenters. The lowest BCUT2D eigenvalue weighted by Gasteiger charge is -2.29. The van der Waals surface area contributed by atoms with Crippen molar-refractivity contribution in [3.05, 3.63) is 66.0 Å². The first-order chi connectivity index (χ1) is 14.0. The maximum Gasteiger partial charge on any atom is 0.257 e. The fourth-order valence-electron chi connectivity index (χ4n) is 3.03. The van der Waals surface area contributed by atoms with Gasteiger partial charge < -0.3 is 10.6 Å². The van der Waals surface area contributed by atoms with E-state index in [0.717, 1.165) is 12.8 Å². The van der Waals surface area contributed by atoms with Crippen LogP contribution in [0.3, 0.4) is 0 Å². The van der Waals surface area contributed by atoms with Gasteiger partial charge in [-0.15, -0.1) is 0 Å². The number of nitrogens with zero attached hydrogens (tertiary/aromatic N) is 1. The molecule has 1 aliphatic rings. The smallest absolute Gasteiger partial charge is 0.257 e. The molecule has 1 fully saturated rings. The monoisotopic (exact) mass is 397 g/mol. The molecule has 0 bridgehead atoms. The second-order valence-electron chi connectivity index (χ2n) is 6.76. The van der Waals surface area contributed by atoms with Crippen molar-refractivity contribution in [3.63, 3.8) is 0 Å². The van der Waals surface area contributed by atoms with Crippen molar-refractivity contribution in [1.29, 1.82) is 0 Å². The van der Waals surface area contributed by atoms with Gasteiger partial charge in [-0.3, -0.25) is 20.2 Å². The van der Waals surface area contributed by atoms with Crippen molar-refractivity contribution in [2.45, 2.75) is 38.5 Å². The number of carbonyl (C=O) groups excluding carboxylic acids is 2. The summed E-state index contributed by atoms with van der Waals surface area (Å²) in [7, 11) is 0. The van der Waals surface area contributed by atoms with Crippen molar-refractivity contribution in [2.24, 2.45) is 4.99 Å². The highest BCUT2D eigenvalue weighted by atomic mass is 19.1. The quantitative estimate of drug-likeness (QED) is 0.461. The average Bonchev–Trinajstić information content (AvgIpc) is 2.70. The molecule has 2 aromatic carbocycles. The van der Waals surface area contributed by atoms with Gasteiger partial charge in [0.1, 0.15) is 5.82 Å². The Hall–Kier alpha value is -3.26. The summed E-state index contributed by atoms with van der Waals surface area (Å²) in [6, 6.07) is 14.4. The van der Waals surface area contributed by atoms with Crippen molar-refractivity contribution in [1.82, 2.24) is 16.0 Å². The van der Waals surface area contributed by atoms with E-state index >= 15 is 0 Å². The molecule has 3 rings (SSSR count). The van der Waals surface area contributed by atoms with Crippen LogP contribution in [0.5, 0.6) is 0 Å². The minimum Gasteiger partial charge on any atom is -0.326 e. The van der Waals surface area contributed by atoms with Crippen LogP contribution < -0.4 is 21.3 Å². The van der Waals surface area contributed by atoms with Crippen LogP contribution in [0.25, 0.3) is 0 Å². The van der Waals surface area contributed by atoms with E-state index in [1.165, 1.54) is 24.3 Å². The van der Waals surface area contributed by atoms with Crippen molar-refractivity contribution in [3.8, 4) is 0 Å². The molecular formula is C21H24FN5O2. The average molecular weight is 397 g/mol. The number of rotatable bonds is 5. The predicted molar refractivity (Wildman–Crippen MR) is 110 cm³/mol. The lowest BCUT2D eigenvalue weighted by atomic mass is 10.1. The molecule has 1 aliphatic heterocycles. The number of benzene rings is 2. The fourth-order valence-corrected chi connectivity index (χ4v) is 3.03. The number of hydrogen-bond donors (Lipinski definition) is 4. The Kier molecular flexibility index (Phi) is 6.91. The summed E-state index contributed by atoms with van der Waals surface area (Å²) < 4.78 is 13.2. The van der Waals surface area contributed by atoms with E-state index in [4.69, 9.17) is 0 Å². The first-order valence-corrected chi connectivity index (χ1v) is 9.55. The van der Waals surface area contributed by atoms with Gasteiger partial charge in [-0.05, 0) is 42.8 Å². The molecule has 2 amide bonds. The molecule has 0 saturated carbocycles. The van der Waals surface area contributed by atoms with Crippen molar-refractivity contribution in [2.75, 3.05) is 5.32 Å². The van der Waals surface area contributed by atoms with Crippen LogP contribution >= 0.6 is 0 Å². The lowest BCUT2D eigenvalue weighted by Crippen LogP contribution is -2.56. The zero-order valence-electron chi connectivity index (χ0n) is 16.1. The molecule has 29 heavy (non-hydrogen) atoms. The predicted octanol–water partition coefficient (Wildman–Crippen LogP) is 2.59. The Balaban J connectivity index is 1.80. The first kappa shape index (κ1) is 20.5. The van der Waals surface area contributed by atoms with E-state index in [0.29, 0.717) is 17.7 Å². The van der Waals surface area contributed by atoms with Gasteiger partial charge in [0.2, 0.25) is 11.9 Å². The number of halogens is 1. The van der Waals surface area contributed by atoms with Crippen LogP contribution in [0.1, 0.15) is 36.5 Å². The van der Waals surface area contributed by atoms with Gasteiger partial charge in [0, 0.05) is 23.7 Å². The first-order valence-electron chi connectivity index (χ1n) is 9.55. The van der Waals surface area contributed by atoms with Crippen LogP contribution in [0.15, 0.2) is 59.6 Å². The topological polar surface area (TPSA) is 94.6 Å². The summed E-state index contributed by atoms with van der Waals surface area (Å²) in [4.78, 5) is 29.0. The molecule has 152 valence electrons. The molecule has 4 N–H and O–H groups in total. The number of hydrogen-bond acceptors (Lipinski definition) is 4. The van der Waals surface area contributed by atoms with Crippen LogP contribution in [0.2, 0.25) is 0 Å². The van der Waals surface area contributed by atoms with Crippen LogP contribution in [0, 0.1) is 5.82 Å². The summed E-state index contributed by atoms with van der Waals surface area (Å²) in [5.41, 5.74) is 1.01. The zero-order valence-corrected chi connectivity index (χ0v) is 16.1. The molecule has 0 aliphatic carbocycles. The molecule has 0 aromatic heterocycles. The number of aliphatic imine (C=N–C) groups is 1. The summed E-state index contributed by atoms with van der Waals surface area (Å²) in [5, 5.41) is 11.7. The maximum absolute atomic E-state index is 13.2. The highest BCUT2D eigenvalue weighted by molar-refractivity contribution is 6.10. The Bertz CT molecular complexity index is 870. The van der Waals surface area contributed by atoms with Gasteiger partial charge in [0.15, 0.2) is 6.29 Å². The molecular weight excluding hydrogens is 373 g/mol. The van der Waals surface area contributed by atoms with Crippen LogP contribution in [-0.2, 0) is 4.79 Å². The molecule has 1 heterocycles. The second kappa shape index (κ2) is 9.79. The van der Waals surface area contributed by atoms with Crippen LogP contribution in [0.4, 0.5) is 10.1 Å². The van der Waals surface area contributed by atoms with Gasteiger partial charge in [0.25, 0.3) is 5.91 Å². The van der Waals surface area contributed by atoms with Gasteiger partial charge in [-0.1, -0.05) is 31.5 Å². The molecule has 2 aromatic rings. The molecule has 1 saturated heterocycles. The number of guanidine groups is 1. The number of anilines is 1. The minimum absolute atomic E-state index is 0.0133. The lowest BCUT2D eigenvalue weighted by molar-refractivity contribution is -0.124. The van der Waals surface area contributed by atoms with E-state index in [1.54, 1.807) is 24.3 Å². The van der Waals surface area contributed by atoms with Crippen LogP contribution in [-0.4, -0.2) is 30.1 Å². The second-order valence-corrected chi connectivity index (χ2v) is 6.76. The highest BCUT2D eigenvalue weighted by Crippen LogP contribution is 2.10. The van der Waals surface area contributed by atoms with E-state index in [2.05, 4.69) is 26.3 Å². The Morgan fingerprint density at radius 2 is 1.90 bits per heavy atom. The van der Waals surface area contributed by atoms with E-state index in [1.807, 2.05) is 13.0 Å². The summed E-state index contributed by atoms with van der Waals surface area (Å²) >= 11 is 0. The highest BCUT2D eigenvalue weighted by Gasteiger charge is 2.25. The Labute approximate surface area is 168 Å². The molecule has 0 spiro atoms. The van der Waals surface area contributed by atoms with Crippen molar-refractivity contribution < 1.29 is 14.0 Å². The Morgan fingerprint density at radius 1 is 1.17 bits per heavy atom. The SMILES string of the molecule is CCCC1CC(=O)NC(/N=C(/NC(=O)c2ccccc2)Nc2ccc(F)cc2)N1. The number of carbonyl (C=O) groups is 2. The van der Waals surface area contributed by atoms with Crippen molar-refractivity contribution >= 4 is 23.5 Å². The maximum atomic E-state index is 13.2. The van der Waals surface area contributed by atoms with Gasteiger partial charge in [-0.2, -0.15) is 0 Å². The fraction of sp³-hybridized carbons (Fsp3) is 0.286. The molecule has 8 heteroatoms. The van der Waals surface area contributed by atoms with E-state index < -0.39 is 6.29 Å². The minimum atomic E-state index is -0.688. The largest absolute Gasteiger partial charge is 0.326 e. The molecule has 7 nitrogen and oxygen atoms in total. The van der Waals surface area contributed by atoms with E-state index in [-0.39, 0.29) is 29.6 Å². The zero-order chi connectivity index (χ0) is 20.6. The summed E-state index contributed by atoms with van der Waals surface area (Å²) in [6.07, 6.45) is 1.48. The summed E-state index contributed by atoms with van der Waals surface area (Å²) in [6.45, 7) is 2.05. The number of amides is 2. The normalized spacial score (nSPS) is 19.4. The number of nitrogens with one attached hydrogen (secondary N) is 4. The molecule has 0 radical (unpaired) electrons.